The summed E-state index contributed by atoms with van der Waals surface area (Å²) in [5.41, 5.74) is 3.72. The highest BCUT2D eigenvalue weighted by molar-refractivity contribution is 8.18. The van der Waals surface area contributed by atoms with Gasteiger partial charge in [-0.1, -0.05) is 0 Å². The lowest BCUT2D eigenvalue weighted by molar-refractivity contribution is -0.143. The number of aryl methyl sites for hydroxylation is 1. The Morgan fingerprint density at radius 1 is 1.14 bits per heavy atom. The standard InChI is InChI=1S/C20H20N2O5S/c1-12-9-14(13(2)22(12)15-5-7-16(26-3)8-6-15)10-17-19(24)21(20(25)28-17)11-18(23)27-4/h5-10H,11H2,1-4H3/b17-10+. The zero-order valence-electron chi connectivity index (χ0n) is 16.0. The van der Waals surface area contributed by atoms with Gasteiger partial charge in [-0.3, -0.25) is 19.3 Å². The summed E-state index contributed by atoms with van der Waals surface area (Å²) in [5, 5.41) is -0.481. The number of esters is 1. The van der Waals surface area contributed by atoms with Gasteiger partial charge in [0, 0.05) is 17.1 Å². The number of amides is 2. The Morgan fingerprint density at radius 3 is 2.43 bits per heavy atom. The number of methoxy groups -OCH3 is 2. The van der Waals surface area contributed by atoms with Crippen molar-refractivity contribution in [2.24, 2.45) is 0 Å². The number of hydrogen-bond donors (Lipinski definition) is 0. The van der Waals surface area contributed by atoms with Crippen LogP contribution in [0.2, 0.25) is 0 Å². The first kappa shape index (κ1) is 19.8. The Hall–Kier alpha value is -3.00. The molecule has 1 aromatic heterocycles. The van der Waals surface area contributed by atoms with Crippen LogP contribution in [0.25, 0.3) is 11.8 Å². The Bertz CT molecular complexity index is 975. The molecular weight excluding hydrogens is 380 g/mol. The summed E-state index contributed by atoms with van der Waals surface area (Å²) >= 11 is 0.819. The normalized spacial score (nSPS) is 15.4. The van der Waals surface area contributed by atoms with Crippen LogP contribution in [0.15, 0.2) is 35.2 Å². The van der Waals surface area contributed by atoms with Crippen LogP contribution in [-0.4, -0.2) is 47.3 Å². The topological polar surface area (TPSA) is 77.8 Å². The molecule has 1 aliphatic rings. The van der Waals surface area contributed by atoms with Gasteiger partial charge in [0.2, 0.25) is 0 Å². The molecule has 3 rings (SSSR count). The molecule has 0 N–H and O–H groups in total. The third kappa shape index (κ3) is 3.68. The maximum absolute atomic E-state index is 12.5. The average molecular weight is 400 g/mol. The van der Waals surface area contributed by atoms with Crippen molar-refractivity contribution in [3.8, 4) is 11.4 Å². The fourth-order valence-corrected chi connectivity index (χ4v) is 3.86. The molecule has 0 spiro atoms. The van der Waals surface area contributed by atoms with Crippen molar-refractivity contribution in [2.75, 3.05) is 20.8 Å². The number of ether oxygens (including phenoxy) is 2. The molecule has 2 heterocycles. The lowest BCUT2D eigenvalue weighted by atomic mass is 10.2. The molecular formula is C20H20N2O5S. The van der Waals surface area contributed by atoms with Gasteiger partial charge in [0.1, 0.15) is 12.3 Å². The third-order valence-corrected chi connectivity index (χ3v) is 5.38. The van der Waals surface area contributed by atoms with E-state index in [2.05, 4.69) is 9.30 Å². The molecule has 0 aliphatic carbocycles. The number of thioether (sulfide) groups is 1. The smallest absolute Gasteiger partial charge is 0.325 e. The quantitative estimate of drug-likeness (QED) is 0.566. The van der Waals surface area contributed by atoms with Crippen LogP contribution in [0.3, 0.4) is 0 Å². The molecule has 2 amide bonds. The highest BCUT2D eigenvalue weighted by atomic mass is 32.2. The number of hydrogen-bond acceptors (Lipinski definition) is 6. The lowest BCUT2D eigenvalue weighted by Gasteiger charge is -2.10. The minimum absolute atomic E-state index is 0.281. The predicted molar refractivity (Wildman–Crippen MR) is 106 cm³/mol. The highest BCUT2D eigenvalue weighted by Gasteiger charge is 2.36. The van der Waals surface area contributed by atoms with Crippen molar-refractivity contribution >= 4 is 35.0 Å². The van der Waals surface area contributed by atoms with Crippen LogP contribution in [0, 0.1) is 13.8 Å². The Kier molecular flexibility index (Phi) is 5.60. The van der Waals surface area contributed by atoms with Crippen molar-refractivity contribution in [2.45, 2.75) is 13.8 Å². The van der Waals surface area contributed by atoms with Gasteiger partial charge in [-0.2, -0.15) is 0 Å². The van der Waals surface area contributed by atoms with E-state index in [-0.39, 0.29) is 11.4 Å². The minimum atomic E-state index is -0.638. The summed E-state index contributed by atoms with van der Waals surface area (Å²) in [5.74, 6) is -0.360. The van der Waals surface area contributed by atoms with Crippen molar-refractivity contribution in [3.63, 3.8) is 0 Å². The summed E-state index contributed by atoms with van der Waals surface area (Å²) < 4.78 is 11.8. The predicted octanol–water partition coefficient (Wildman–Crippen LogP) is 3.31. The van der Waals surface area contributed by atoms with E-state index in [1.807, 2.05) is 44.2 Å². The summed E-state index contributed by atoms with van der Waals surface area (Å²) in [6.45, 7) is 3.53. The van der Waals surface area contributed by atoms with E-state index >= 15 is 0 Å². The molecule has 0 unspecified atom stereocenters. The number of benzene rings is 1. The molecule has 1 aromatic carbocycles. The zero-order chi connectivity index (χ0) is 20.4. The Balaban J connectivity index is 1.92. The van der Waals surface area contributed by atoms with E-state index in [1.165, 1.54) is 7.11 Å². The molecule has 146 valence electrons. The van der Waals surface area contributed by atoms with Gasteiger partial charge in [0.15, 0.2) is 0 Å². The number of rotatable bonds is 5. The van der Waals surface area contributed by atoms with E-state index in [0.29, 0.717) is 0 Å². The molecule has 1 saturated heterocycles. The largest absolute Gasteiger partial charge is 0.497 e. The van der Waals surface area contributed by atoms with Crippen LogP contribution >= 0.6 is 11.8 Å². The molecule has 1 aliphatic heterocycles. The van der Waals surface area contributed by atoms with Crippen molar-refractivity contribution in [1.29, 1.82) is 0 Å². The fraction of sp³-hybridized carbons (Fsp3) is 0.250. The van der Waals surface area contributed by atoms with Gasteiger partial charge in [-0.25, -0.2) is 0 Å². The Labute approximate surface area is 166 Å². The summed E-state index contributed by atoms with van der Waals surface area (Å²) in [4.78, 5) is 37.2. The van der Waals surface area contributed by atoms with E-state index < -0.39 is 17.1 Å². The van der Waals surface area contributed by atoms with Crippen LogP contribution < -0.4 is 4.74 Å². The van der Waals surface area contributed by atoms with Gasteiger partial charge in [-0.05, 0) is 67.6 Å². The van der Waals surface area contributed by atoms with Gasteiger partial charge in [0.25, 0.3) is 11.1 Å². The van der Waals surface area contributed by atoms with Crippen LogP contribution in [-0.2, 0) is 14.3 Å². The van der Waals surface area contributed by atoms with Crippen LogP contribution in [0.5, 0.6) is 5.75 Å². The maximum Gasteiger partial charge on any atom is 0.325 e. The van der Waals surface area contributed by atoms with Gasteiger partial charge in [-0.15, -0.1) is 0 Å². The molecule has 0 radical (unpaired) electrons. The number of aromatic nitrogens is 1. The average Bonchev–Trinajstić information content (AvgIpc) is 3.11. The fourth-order valence-electron chi connectivity index (χ4n) is 3.03. The van der Waals surface area contributed by atoms with Crippen LogP contribution in [0.1, 0.15) is 17.0 Å². The third-order valence-electron chi connectivity index (χ3n) is 4.48. The molecule has 0 bridgehead atoms. The van der Waals surface area contributed by atoms with E-state index in [9.17, 15) is 14.4 Å². The van der Waals surface area contributed by atoms with Crippen molar-refractivity contribution < 1.29 is 23.9 Å². The second-order valence-electron chi connectivity index (χ2n) is 6.20. The second kappa shape index (κ2) is 7.93. The minimum Gasteiger partial charge on any atom is -0.497 e. The first-order chi connectivity index (χ1) is 13.3. The number of carbonyl (C=O) groups excluding carboxylic acids is 3. The van der Waals surface area contributed by atoms with E-state index in [0.717, 1.165) is 45.1 Å². The van der Waals surface area contributed by atoms with E-state index in [1.54, 1.807) is 13.2 Å². The summed E-state index contributed by atoms with van der Waals surface area (Å²) in [7, 11) is 2.83. The first-order valence-corrected chi connectivity index (χ1v) is 9.33. The molecule has 0 saturated carbocycles. The van der Waals surface area contributed by atoms with E-state index in [4.69, 9.17) is 4.74 Å². The van der Waals surface area contributed by atoms with Crippen molar-refractivity contribution in [1.82, 2.24) is 9.47 Å². The second-order valence-corrected chi connectivity index (χ2v) is 7.20. The van der Waals surface area contributed by atoms with Gasteiger partial charge < -0.3 is 14.0 Å². The summed E-state index contributed by atoms with van der Waals surface area (Å²) in [6.07, 6.45) is 1.69. The van der Waals surface area contributed by atoms with Crippen molar-refractivity contribution in [3.05, 3.63) is 52.2 Å². The zero-order valence-corrected chi connectivity index (χ0v) is 16.8. The lowest BCUT2D eigenvalue weighted by Crippen LogP contribution is -2.34. The highest BCUT2D eigenvalue weighted by Crippen LogP contribution is 2.33. The molecule has 8 heteroatoms. The molecule has 1 fully saturated rings. The van der Waals surface area contributed by atoms with Gasteiger partial charge >= 0.3 is 5.97 Å². The van der Waals surface area contributed by atoms with Crippen LogP contribution in [0.4, 0.5) is 4.79 Å². The molecule has 28 heavy (non-hydrogen) atoms. The summed E-state index contributed by atoms with van der Waals surface area (Å²) in [6, 6.07) is 9.62. The molecule has 7 nitrogen and oxygen atoms in total. The molecule has 2 aromatic rings. The number of imide groups is 1. The monoisotopic (exact) mass is 400 g/mol. The Morgan fingerprint density at radius 2 is 1.82 bits per heavy atom. The molecule has 0 atom stereocenters. The van der Waals surface area contributed by atoms with Gasteiger partial charge in [0.05, 0.1) is 19.1 Å². The maximum atomic E-state index is 12.5. The first-order valence-electron chi connectivity index (χ1n) is 8.51. The number of nitrogens with zero attached hydrogens (tertiary/aromatic N) is 2. The number of carbonyl (C=O) groups is 3. The SMILES string of the molecule is COC(=O)CN1C(=O)S/C(=C/c2cc(C)n(-c3ccc(OC)cc3)c2C)C1=O.